The van der Waals surface area contributed by atoms with E-state index >= 15 is 0 Å². The van der Waals surface area contributed by atoms with Crippen LogP contribution in [0.25, 0.3) is 0 Å². The number of carbonyl (C=O) groups is 2. The molecule has 25 heavy (non-hydrogen) atoms. The molecule has 1 heterocycles. The van der Waals surface area contributed by atoms with E-state index in [9.17, 15) is 9.59 Å². The second-order valence-corrected chi connectivity index (χ2v) is 10.2. The molecule has 136 valence electrons. The van der Waals surface area contributed by atoms with Crippen LogP contribution in [0.4, 0.5) is 0 Å². The van der Waals surface area contributed by atoms with Crippen LogP contribution in [0.5, 0.6) is 0 Å². The van der Waals surface area contributed by atoms with Gasteiger partial charge in [-0.05, 0) is 66.9 Å². The van der Waals surface area contributed by atoms with Crippen LogP contribution in [-0.2, 0) is 14.3 Å². The first-order valence-electron chi connectivity index (χ1n) is 10.2. The van der Waals surface area contributed by atoms with Gasteiger partial charge in [-0.2, -0.15) is 0 Å². The zero-order valence-corrected chi connectivity index (χ0v) is 15.9. The largest absolute Gasteiger partial charge is 0.365 e. The molecule has 1 aliphatic heterocycles. The van der Waals surface area contributed by atoms with E-state index in [1.165, 1.54) is 5.57 Å². The van der Waals surface area contributed by atoms with Crippen molar-refractivity contribution in [3.05, 3.63) is 11.6 Å². The molecule has 5 aliphatic rings. The van der Waals surface area contributed by atoms with Gasteiger partial charge < -0.3 is 4.74 Å². The lowest BCUT2D eigenvalue weighted by Gasteiger charge is -2.54. The Balaban J connectivity index is 1.56. The molecule has 0 amide bonds. The van der Waals surface area contributed by atoms with Gasteiger partial charge in [-0.3, -0.25) is 9.59 Å². The molecule has 4 fully saturated rings. The predicted octanol–water partition coefficient (Wildman–Crippen LogP) is 3.96. The Kier molecular flexibility index (Phi) is 3.15. The Labute approximate surface area is 150 Å². The van der Waals surface area contributed by atoms with Crippen molar-refractivity contribution >= 4 is 11.6 Å². The molecule has 3 heteroatoms. The lowest BCUT2D eigenvalue weighted by Crippen LogP contribution is -2.53. The number of Topliss-reactive ketones (excluding diaryl/α,β-unsaturated/α-hetero) is 1. The van der Waals surface area contributed by atoms with Crippen molar-refractivity contribution in [1.82, 2.24) is 0 Å². The number of allylic oxidation sites excluding steroid dienone is 1. The molecule has 3 unspecified atom stereocenters. The highest BCUT2D eigenvalue weighted by Gasteiger charge is 2.65. The van der Waals surface area contributed by atoms with Crippen molar-refractivity contribution in [2.75, 3.05) is 0 Å². The van der Waals surface area contributed by atoms with Gasteiger partial charge >= 0.3 is 0 Å². The van der Waals surface area contributed by atoms with Gasteiger partial charge in [-0.15, -0.1) is 0 Å². The van der Waals surface area contributed by atoms with E-state index in [4.69, 9.17) is 4.74 Å². The fraction of sp³-hybridized carbons (Fsp3) is 0.818. The van der Waals surface area contributed by atoms with Gasteiger partial charge in [-0.1, -0.05) is 27.7 Å². The third-order valence-electron chi connectivity index (χ3n) is 8.81. The second-order valence-electron chi connectivity index (χ2n) is 10.2. The van der Waals surface area contributed by atoms with Crippen LogP contribution < -0.4 is 0 Å². The Morgan fingerprint density at radius 2 is 1.80 bits per heavy atom. The summed E-state index contributed by atoms with van der Waals surface area (Å²) in [6.45, 7) is 8.86. The highest BCUT2D eigenvalue weighted by atomic mass is 16.6. The SMILES string of the molecule is CC(C)C1C[C@H]2[C@@H]3C(=O)C=C4C5OC5CC[C@]4(C)[C@@H]3CC[C@]2(C)C1=O. The van der Waals surface area contributed by atoms with Crippen molar-refractivity contribution in [2.45, 2.75) is 72.0 Å². The number of hydrogen-bond acceptors (Lipinski definition) is 3. The first-order chi connectivity index (χ1) is 11.8. The van der Waals surface area contributed by atoms with Crippen LogP contribution in [0, 0.1) is 40.4 Å². The van der Waals surface area contributed by atoms with E-state index in [2.05, 4.69) is 27.7 Å². The topological polar surface area (TPSA) is 46.7 Å². The number of ether oxygens (including phenoxy) is 1. The van der Waals surface area contributed by atoms with E-state index in [0.717, 1.165) is 32.1 Å². The number of carbonyl (C=O) groups excluding carboxylic acids is 2. The molecule has 0 aromatic rings. The summed E-state index contributed by atoms with van der Waals surface area (Å²) in [6.07, 6.45) is 7.70. The molecular formula is C22H30O3. The predicted molar refractivity (Wildman–Crippen MR) is 94.9 cm³/mol. The highest BCUT2D eigenvalue weighted by Crippen LogP contribution is 2.66. The Hall–Kier alpha value is -0.960. The molecule has 3 nitrogen and oxygen atoms in total. The Morgan fingerprint density at radius 3 is 2.52 bits per heavy atom. The minimum atomic E-state index is -0.277. The summed E-state index contributed by atoms with van der Waals surface area (Å²) in [5.74, 6) is 1.95. The summed E-state index contributed by atoms with van der Waals surface area (Å²) in [4.78, 5) is 26.4. The first kappa shape index (κ1) is 16.2. The van der Waals surface area contributed by atoms with Gasteiger partial charge in [-0.25, -0.2) is 0 Å². The molecule has 3 saturated carbocycles. The fourth-order valence-corrected chi connectivity index (χ4v) is 7.14. The maximum atomic E-state index is 13.2. The molecule has 0 N–H and O–H groups in total. The number of hydrogen-bond donors (Lipinski definition) is 0. The van der Waals surface area contributed by atoms with Crippen molar-refractivity contribution in [1.29, 1.82) is 0 Å². The summed E-state index contributed by atoms with van der Waals surface area (Å²) >= 11 is 0. The number of ketones is 2. The van der Waals surface area contributed by atoms with Crippen molar-refractivity contribution in [3.63, 3.8) is 0 Å². The zero-order chi connectivity index (χ0) is 17.7. The summed E-state index contributed by atoms with van der Waals surface area (Å²) in [5.41, 5.74) is 1.11. The van der Waals surface area contributed by atoms with E-state index in [1.807, 2.05) is 6.08 Å². The van der Waals surface area contributed by atoms with Crippen LogP contribution in [0.3, 0.4) is 0 Å². The summed E-state index contributed by atoms with van der Waals surface area (Å²) in [7, 11) is 0. The third kappa shape index (κ3) is 1.91. The van der Waals surface area contributed by atoms with Gasteiger partial charge in [0.25, 0.3) is 0 Å². The Morgan fingerprint density at radius 1 is 1.08 bits per heavy atom. The molecule has 0 aromatic carbocycles. The van der Waals surface area contributed by atoms with E-state index in [0.29, 0.717) is 29.5 Å². The van der Waals surface area contributed by atoms with Gasteiger partial charge in [0, 0.05) is 17.3 Å². The third-order valence-corrected chi connectivity index (χ3v) is 8.81. The van der Waals surface area contributed by atoms with E-state index < -0.39 is 0 Å². The molecule has 8 atom stereocenters. The van der Waals surface area contributed by atoms with Crippen LogP contribution in [0.15, 0.2) is 11.6 Å². The summed E-state index contributed by atoms with van der Waals surface area (Å²) < 4.78 is 5.84. The lowest BCUT2D eigenvalue weighted by atomic mass is 9.48. The number of rotatable bonds is 1. The molecule has 1 saturated heterocycles. The summed E-state index contributed by atoms with van der Waals surface area (Å²) in [6, 6.07) is 0. The smallest absolute Gasteiger partial charge is 0.159 e. The van der Waals surface area contributed by atoms with Crippen LogP contribution in [-0.4, -0.2) is 23.8 Å². The van der Waals surface area contributed by atoms with Crippen molar-refractivity contribution in [2.24, 2.45) is 40.4 Å². The monoisotopic (exact) mass is 342 g/mol. The van der Waals surface area contributed by atoms with Gasteiger partial charge in [0.2, 0.25) is 0 Å². The first-order valence-corrected chi connectivity index (χ1v) is 10.2. The lowest BCUT2D eigenvalue weighted by molar-refractivity contribution is -0.140. The maximum Gasteiger partial charge on any atom is 0.159 e. The average Bonchev–Trinajstić information content (AvgIpc) is 3.29. The minimum absolute atomic E-state index is 0.0514. The molecule has 0 radical (unpaired) electrons. The minimum Gasteiger partial charge on any atom is -0.365 e. The molecule has 0 spiro atoms. The fourth-order valence-electron chi connectivity index (χ4n) is 7.14. The standard InChI is InChI=1S/C22H30O3/c1-11(2)12-9-14-18-13(5-7-22(14,4)20(12)24)21(3)8-6-17-19(25-17)15(21)10-16(18)23/h10-14,17-19H,5-9H2,1-4H3/t12?,13-,14+,17?,18-,19?,21-,22+/m1/s1. The van der Waals surface area contributed by atoms with Gasteiger partial charge in [0.1, 0.15) is 11.9 Å². The van der Waals surface area contributed by atoms with Crippen molar-refractivity contribution in [3.8, 4) is 0 Å². The van der Waals surface area contributed by atoms with Crippen molar-refractivity contribution < 1.29 is 14.3 Å². The number of epoxide rings is 1. The quantitative estimate of drug-likeness (QED) is 0.678. The van der Waals surface area contributed by atoms with E-state index in [1.54, 1.807) is 0 Å². The molecule has 0 aromatic heterocycles. The van der Waals surface area contributed by atoms with Crippen LogP contribution >= 0.6 is 0 Å². The normalized spacial score (nSPS) is 53.7. The average molecular weight is 342 g/mol. The second kappa shape index (κ2) is 4.85. The molecule has 5 rings (SSSR count). The van der Waals surface area contributed by atoms with Gasteiger partial charge in [0.15, 0.2) is 5.78 Å². The van der Waals surface area contributed by atoms with E-state index in [-0.39, 0.29) is 34.7 Å². The molecule has 4 aliphatic carbocycles. The Bertz CT molecular complexity index is 691. The molecule has 0 bridgehead atoms. The summed E-state index contributed by atoms with van der Waals surface area (Å²) in [5, 5.41) is 0. The maximum absolute atomic E-state index is 13.2. The van der Waals surface area contributed by atoms with Crippen LogP contribution in [0.2, 0.25) is 0 Å². The van der Waals surface area contributed by atoms with Crippen LogP contribution in [0.1, 0.15) is 59.8 Å². The molecular weight excluding hydrogens is 312 g/mol. The highest BCUT2D eigenvalue weighted by molar-refractivity contribution is 5.97. The number of fused-ring (bicyclic) bond motifs is 7. The zero-order valence-electron chi connectivity index (χ0n) is 15.9. The van der Waals surface area contributed by atoms with Gasteiger partial charge in [0.05, 0.1) is 6.10 Å².